The summed E-state index contributed by atoms with van der Waals surface area (Å²) >= 11 is 0. The Labute approximate surface area is 141 Å². The SMILES string of the molecule is O=C(/C=C(\NN=C(c1ccccc1)c1ccccc1)C(F)F)C(F)F. The number of hydrogen-bond acceptors (Lipinski definition) is 3. The summed E-state index contributed by atoms with van der Waals surface area (Å²) in [6.45, 7) is 0. The third-order valence-corrected chi connectivity index (χ3v) is 3.14. The fourth-order valence-corrected chi connectivity index (χ4v) is 1.97. The van der Waals surface area contributed by atoms with Gasteiger partial charge in [-0.3, -0.25) is 10.2 Å². The lowest BCUT2D eigenvalue weighted by Crippen LogP contribution is -2.20. The fraction of sp³-hybridized carbons (Fsp3) is 0.111. The van der Waals surface area contributed by atoms with E-state index in [1.165, 1.54) is 0 Å². The summed E-state index contributed by atoms with van der Waals surface area (Å²) in [5, 5.41) is 3.92. The van der Waals surface area contributed by atoms with Gasteiger partial charge in [0.15, 0.2) is 0 Å². The van der Waals surface area contributed by atoms with E-state index < -0.39 is 24.3 Å². The zero-order valence-electron chi connectivity index (χ0n) is 12.9. The van der Waals surface area contributed by atoms with Crippen molar-refractivity contribution in [3.05, 3.63) is 83.6 Å². The highest BCUT2D eigenvalue weighted by Gasteiger charge is 2.18. The average molecular weight is 350 g/mol. The highest BCUT2D eigenvalue weighted by Crippen LogP contribution is 2.12. The van der Waals surface area contributed by atoms with Crippen LogP contribution < -0.4 is 5.43 Å². The van der Waals surface area contributed by atoms with Crippen molar-refractivity contribution >= 4 is 11.5 Å². The summed E-state index contributed by atoms with van der Waals surface area (Å²) < 4.78 is 50.5. The molecule has 0 atom stereocenters. The van der Waals surface area contributed by atoms with Crippen LogP contribution in [0.25, 0.3) is 0 Å². The van der Waals surface area contributed by atoms with Gasteiger partial charge in [0.05, 0.1) is 5.71 Å². The molecule has 0 saturated carbocycles. The normalized spacial score (nSPS) is 11.5. The Morgan fingerprint density at radius 2 is 1.32 bits per heavy atom. The number of nitrogens with zero attached hydrogens (tertiary/aromatic N) is 1. The van der Waals surface area contributed by atoms with Gasteiger partial charge in [-0.2, -0.15) is 5.10 Å². The van der Waals surface area contributed by atoms with Gasteiger partial charge in [-0.1, -0.05) is 60.7 Å². The van der Waals surface area contributed by atoms with Crippen molar-refractivity contribution in [3.63, 3.8) is 0 Å². The van der Waals surface area contributed by atoms with E-state index in [4.69, 9.17) is 0 Å². The molecule has 2 aromatic rings. The second-order valence-corrected chi connectivity index (χ2v) is 4.91. The molecule has 1 N–H and O–H groups in total. The quantitative estimate of drug-likeness (QED) is 0.355. The minimum absolute atomic E-state index is 0.173. The summed E-state index contributed by atoms with van der Waals surface area (Å²) in [5.41, 5.74) is 2.66. The van der Waals surface area contributed by atoms with Gasteiger partial charge in [0.2, 0.25) is 5.78 Å². The van der Waals surface area contributed by atoms with E-state index in [1.54, 1.807) is 60.7 Å². The summed E-state index contributed by atoms with van der Waals surface area (Å²) in [7, 11) is 0. The van der Waals surface area contributed by atoms with Gasteiger partial charge in [-0.15, -0.1) is 0 Å². The van der Waals surface area contributed by atoms with Crippen molar-refractivity contribution in [2.45, 2.75) is 12.9 Å². The van der Waals surface area contributed by atoms with E-state index in [1.807, 2.05) is 5.43 Å². The lowest BCUT2D eigenvalue weighted by atomic mass is 10.0. The smallest absolute Gasteiger partial charge is 0.288 e. The largest absolute Gasteiger partial charge is 0.299 e. The zero-order valence-corrected chi connectivity index (χ0v) is 12.9. The molecule has 2 rings (SSSR count). The van der Waals surface area contributed by atoms with Crippen LogP contribution in [0.5, 0.6) is 0 Å². The highest BCUT2D eigenvalue weighted by atomic mass is 19.3. The van der Waals surface area contributed by atoms with Gasteiger partial charge in [-0.05, 0) is 0 Å². The van der Waals surface area contributed by atoms with Crippen molar-refractivity contribution in [1.82, 2.24) is 5.43 Å². The number of hydrogen-bond donors (Lipinski definition) is 1. The summed E-state index contributed by atoms with van der Waals surface area (Å²) in [5.74, 6) is -1.71. The second kappa shape index (κ2) is 8.77. The minimum Gasteiger partial charge on any atom is -0.288 e. The van der Waals surface area contributed by atoms with Crippen LogP contribution in [0.1, 0.15) is 11.1 Å². The third-order valence-electron chi connectivity index (χ3n) is 3.14. The van der Waals surface area contributed by atoms with Crippen molar-refractivity contribution in [3.8, 4) is 0 Å². The van der Waals surface area contributed by atoms with Crippen molar-refractivity contribution in [2.24, 2.45) is 5.10 Å². The van der Waals surface area contributed by atoms with Gasteiger partial charge in [0.1, 0.15) is 5.70 Å². The molecule has 0 bridgehead atoms. The number of halogens is 4. The van der Waals surface area contributed by atoms with Gasteiger partial charge in [0, 0.05) is 17.2 Å². The molecule has 25 heavy (non-hydrogen) atoms. The number of rotatable bonds is 7. The molecule has 0 unspecified atom stereocenters. The topological polar surface area (TPSA) is 41.5 Å². The Morgan fingerprint density at radius 3 is 1.72 bits per heavy atom. The van der Waals surface area contributed by atoms with Crippen molar-refractivity contribution < 1.29 is 22.4 Å². The van der Waals surface area contributed by atoms with Crippen LogP contribution in [-0.2, 0) is 4.79 Å². The lowest BCUT2D eigenvalue weighted by molar-refractivity contribution is -0.124. The molecule has 0 aliphatic carbocycles. The Kier molecular flexibility index (Phi) is 6.45. The number of hydrazone groups is 1. The Balaban J connectivity index is 2.38. The van der Waals surface area contributed by atoms with Crippen LogP contribution in [0.2, 0.25) is 0 Å². The van der Waals surface area contributed by atoms with Crippen LogP contribution >= 0.6 is 0 Å². The Bertz CT molecular complexity index is 718. The molecule has 0 amide bonds. The standard InChI is InChI=1S/C18H14F4N2O/c19-17(20)14(11-15(25)18(21)22)23-24-16(12-7-3-1-4-8-12)13-9-5-2-6-10-13/h1-11,17-18,23H/b14-11-. The van der Waals surface area contributed by atoms with E-state index in [0.717, 1.165) is 0 Å². The molecule has 0 fully saturated rings. The molecule has 3 nitrogen and oxygen atoms in total. The predicted octanol–water partition coefficient (Wildman–Crippen LogP) is 4.01. The van der Waals surface area contributed by atoms with E-state index in [9.17, 15) is 22.4 Å². The fourth-order valence-electron chi connectivity index (χ4n) is 1.97. The second-order valence-electron chi connectivity index (χ2n) is 4.91. The first kappa shape index (κ1) is 18.4. The molecule has 0 aromatic heterocycles. The van der Waals surface area contributed by atoms with Crippen LogP contribution in [0.4, 0.5) is 17.6 Å². The first-order valence-electron chi connectivity index (χ1n) is 7.25. The maximum atomic E-state index is 13.0. The van der Waals surface area contributed by atoms with E-state index in [-0.39, 0.29) is 6.08 Å². The number of alkyl halides is 4. The van der Waals surface area contributed by atoms with Crippen molar-refractivity contribution in [2.75, 3.05) is 0 Å². The maximum absolute atomic E-state index is 13.0. The highest BCUT2D eigenvalue weighted by molar-refractivity contribution is 6.12. The number of benzene rings is 2. The number of allylic oxidation sites excluding steroid dienone is 2. The molecule has 7 heteroatoms. The van der Waals surface area contributed by atoms with Crippen LogP contribution in [0.15, 0.2) is 77.5 Å². The number of carbonyl (C=O) groups is 1. The summed E-state index contributed by atoms with van der Waals surface area (Å²) in [4.78, 5) is 11.0. The van der Waals surface area contributed by atoms with Crippen LogP contribution in [0, 0.1) is 0 Å². The van der Waals surface area contributed by atoms with Crippen LogP contribution in [0.3, 0.4) is 0 Å². The minimum atomic E-state index is -3.36. The molecule has 130 valence electrons. The van der Waals surface area contributed by atoms with E-state index >= 15 is 0 Å². The predicted molar refractivity (Wildman–Crippen MR) is 86.8 cm³/mol. The summed E-state index contributed by atoms with van der Waals surface area (Å²) in [6.07, 6.45) is -6.34. The Hall–Kier alpha value is -2.96. The molecule has 0 aliphatic rings. The molecular weight excluding hydrogens is 336 g/mol. The van der Waals surface area contributed by atoms with E-state index in [0.29, 0.717) is 16.8 Å². The number of nitrogens with one attached hydrogen (secondary N) is 1. The number of ketones is 1. The lowest BCUT2D eigenvalue weighted by Gasteiger charge is -2.10. The zero-order chi connectivity index (χ0) is 18.2. The first-order chi connectivity index (χ1) is 12.0. The van der Waals surface area contributed by atoms with Crippen LogP contribution in [-0.4, -0.2) is 24.3 Å². The maximum Gasteiger partial charge on any atom is 0.299 e. The molecule has 0 saturated heterocycles. The van der Waals surface area contributed by atoms with Gasteiger partial charge in [-0.25, -0.2) is 17.6 Å². The third kappa shape index (κ3) is 5.27. The molecular formula is C18H14F4N2O. The van der Waals surface area contributed by atoms with Gasteiger partial charge < -0.3 is 0 Å². The molecule has 0 heterocycles. The monoisotopic (exact) mass is 350 g/mol. The first-order valence-corrected chi connectivity index (χ1v) is 7.25. The molecule has 2 aromatic carbocycles. The van der Waals surface area contributed by atoms with Crippen molar-refractivity contribution in [1.29, 1.82) is 0 Å². The molecule has 0 spiro atoms. The summed E-state index contributed by atoms with van der Waals surface area (Å²) in [6, 6.07) is 17.5. The number of carbonyl (C=O) groups excluding carboxylic acids is 1. The molecule has 0 aliphatic heterocycles. The van der Waals surface area contributed by atoms with E-state index in [2.05, 4.69) is 5.10 Å². The average Bonchev–Trinajstić information content (AvgIpc) is 2.62. The van der Waals surface area contributed by atoms with Gasteiger partial charge >= 0.3 is 0 Å². The Morgan fingerprint density at radius 1 is 0.840 bits per heavy atom. The van der Waals surface area contributed by atoms with Gasteiger partial charge in [0.25, 0.3) is 12.9 Å². The molecule has 0 radical (unpaired) electrons.